The van der Waals surface area contributed by atoms with E-state index in [0.29, 0.717) is 6.61 Å². The fourth-order valence-electron chi connectivity index (χ4n) is 4.69. The van der Waals surface area contributed by atoms with Crippen molar-refractivity contribution in [3.63, 3.8) is 0 Å². The fourth-order valence-corrected chi connectivity index (χ4v) is 4.69. The lowest BCUT2D eigenvalue weighted by Crippen LogP contribution is -2.52. The molecule has 1 aliphatic rings. The molecule has 5 rings (SSSR count). The van der Waals surface area contributed by atoms with Crippen LogP contribution in [0.4, 0.5) is 0 Å². The van der Waals surface area contributed by atoms with Crippen LogP contribution in [0, 0.1) is 0 Å². The molecule has 1 saturated heterocycles. The van der Waals surface area contributed by atoms with E-state index in [1.807, 2.05) is 24.3 Å². The second kappa shape index (κ2) is 8.86. The summed E-state index contributed by atoms with van der Waals surface area (Å²) in [4.78, 5) is 11.6. The van der Waals surface area contributed by atoms with Crippen LogP contribution in [-0.4, -0.2) is 12.7 Å². The van der Waals surface area contributed by atoms with Crippen molar-refractivity contribution < 1.29 is 14.8 Å². The van der Waals surface area contributed by atoms with Gasteiger partial charge >= 0.3 is 0 Å². The molecule has 1 heterocycles. The molecule has 0 aromatic heterocycles. The van der Waals surface area contributed by atoms with Gasteiger partial charge in [0, 0.05) is 5.92 Å². The molecule has 1 atom stereocenters. The summed E-state index contributed by atoms with van der Waals surface area (Å²) in [6.45, 7) is 0.349. The molecule has 0 bridgehead atoms. The van der Waals surface area contributed by atoms with Crippen molar-refractivity contribution in [3.05, 3.63) is 144 Å². The summed E-state index contributed by atoms with van der Waals surface area (Å²) < 4.78 is 0. The normalized spacial score (nSPS) is 18.0. The molecule has 3 nitrogen and oxygen atoms in total. The third-order valence-electron chi connectivity index (χ3n) is 6.16. The molecule has 31 heavy (non-hydrogen) atoms. The van der Waals surface area contributed by atoms with Crippen LogP contribution in [0.3, 0.4) is 0 Å². The zero-order valence-electron chi connectivity index (χ0n) is 17.1. The summed E-state index contributed by atoms with van der Waals surface area (Å²) in [7, 11) is 0. The van der Waals surface area contributed by atoms with Gasteiger partial charge in [-0.3, -0.25) is 0 Å². The third-order valence-corrected chi connectivity index (χ3v) is 6.16. The van der Waals surface area contributed by atoms with Gasteiger partial charge in [-0.05, 0) is 22.3 Å². The Labute approximate surface area is 182 Å². The lowest BCUT2D eigenvalue weighted by Gasteiger charge is -2.46. The summed E-state index contributed by atoms with van der Waals surface area (Å²) >= 11 is 0. The van der Waals surface area contributed by atoms with Gasteiger partial charge in [0.15, 0.2) is 0 Å². The summed E-state index contributed by atoms with van der Waals surface area (Å²) in [6.07, 6.45) is -0.351. The summed E-state index contributed by atoms with van der Waals surface area (Å²) in [5.41, 5.74) is 4.04. The molecule has 4 aromatic rings. The summed E-state index contributed by atoms with van der Waals surface area (Å²) in [5, 5.41) is 5.20. The molecule has 0 radical (unpaired) electrons. The smallest absolute Gasteiger partial charge is 0.123 e. The Morgan fingerprint density at radius 2 is 1.00 bits per heavy atom. The highest BCUT2D eigenvalue weighted by Crippen LogP contribution is 2.47. The van der Waals surface area contributed by atoms with Gasteiger partial charge in [-0.1, -0.05) is 126 Å². The van der Waals surface area contributed by atoms with Crippen molar-refractivity contribution in [2.75, 3.05) is 6.61 Å². The first-order valence-corrected chi connectivity index (χ1v) is 10.6. The molecule has 0 spiro atoms. The van der Waals surface area contributed by atoms with Crippen molar-refractivity contribution in [3.8, 4) is 0 Å². The molecule has 0 amide bonds. The summed E-state index contributed by atoms with van der Waals surface area (Å²) in [6, 6.07) is 41.8. The molecule has 0 aliphatic carbocycles. The van der Waals surface area contributed by atoms with E-state index in [4.69, 9.17) is 14.8 Å². The largest absolute Gasteiger partial charge is 0.205 e. The van der Waals surface area contributed by atoms with Crippen LogP contribution in [-0.2, 0) is 20.2 Å². The predicted molar refractivity (Wildman–Crippen MR) is 120 cm³/mol. The minimum atomic E-state index is -0.558. The Balaban J connectivity index is 1.75. The molecule has 1 unspecified atom stereocenters. The molecule has 0 saturated carbocycles. The van der Waals surface area contributed by atoms with Crippen LogP contribution >= 0.6 is 0 Å². The topological polar surface area (TPSA) is 27.7 Å². The molecule has 0 N–H and O–H groups in total. The molecular weight excluding hydrogens is 384 g/mol. The molecular formula is C28H24O3. The van der Waals surface area contributed by atoms with Crippen molar-refractivity contribution in [2.45, 2.75) is 17.4 Å². The van der Waals surface area contributed by atoms with Crippen LogP contribution in [0.1, 0.15) is 28.2 Å². The first-order chi connectivity index (χ1) is 15.4. The Kier molecular flexibility index (Phi) is 5.63. The van der Waals surface area contributed by atoms with Gasteiger partial charge in [-0.2, -0.15) is 0 Å². The second-order valence-corrected chi connectivity index (χ2v) is 7.85. The Bertz CT molecular complexity index is 1000. The first-order valence-electron chi connectivity index (χ1n) is 10.6. The third kappa shape index (κ3) is 3.68. The van der Waals surface area contributed by atoms with Crippen LogP contribution < -0.4 is 0 Å². The quantitative estimate of drug-likeness (QED) is 0.375. The highest BCUT2D eigenvalue weighted by Gasteiger charge is 2.51. The van der Waals surface area contributed by atoms with Gasteiger partial charge in [-0.15, -0.1) is 0 Å². The van der Waals surface area contributed by atoms with Crippen molar-refractivity contribution in [1.82, 2.24) is 0 Å². The molecule has 3 heteroatoms. The highest BCUT2D eigenvalue weighted by atomic mass is 17.5. The maximum absolute atomic E-state index is 6.05. The van der Waals surface area contributed by atoms with E-state index in [0.717, 1.165) is 11.1 Å². The SMILES string of the molecule is c1ccc(C(c2ccccc2)C2OOOCC2(c2ccccc2)c2ccccc2)cc1. The predicted octanol–water partition coefficient (Wildman–Crippen LogP) is 6.07. The highest BCUT2D eigenvalue weighted by molar-refractivity contribution is 5.46. The van der Waals surface area contributed by atoms with Gasteiger partial charge < -0.3 is 0 Å². The monoisotopic (exact) mass is 408 g/mol. The minimum Gasteiger partial charge on any atom is -0.205 e. The van der Waals surface area contributed by atoms with Gasteiger partial charge in [0.05, 0.1) is 5.41 Å². The first kappa shape index (κ1) is 19.7. The van der Waals surface area contributed by atoms with Gasteiger partial charge in [0.2, 0.25) is 0 Å². The Morgan fingerprint density at radius 1 is 0.581 bits per heavy atom. The van der Waals surface area contributed by atoms with Gasteiger partial charge in [-0.25, -0.2) is 9.78 Å². The second-order valence-electron chi connectivity index (χ2n) is 7.85. The zero-order valence-corrected chi connectivity index (χ0v) is 17.1. The average Bonchev–Trinajstić information content (AvgIpc) is 2.87. The van der Waals surface area contributed by atoms with E-state index in [1.165, 1.54) is 11.1 Å². The standard InChI is InChI=1S/C28H24O3/c1-5-13-22(14-6-1)26(23-15-7-2-8-16-23)27-28(21-29-31-30-27,24-17-9-3-10-18-24)25-19-11-4-12-20-25/h1-20,26-27H,21H2. The maximum Gasteiger partial charge on any atom is 0.123 e. The van der Waals surface area contributed by atoms with E-state index in [9.17, 15) is 0 Å². The van der Waals surface area contributed by atoms with Crippen molar-refractivity contribution in [2.24, 2.45) is 0 Å². The lowest BCUT2D eigenvalue weighted by molar-refractivity contribution is -0.560. The molecule has 154 valence electrons. The lowest BCUT2D eigenvalue weighted by atomic mass is 9.65. The molecule has 1 fully saturated rings. The maximum atomic E-state index is 6.05. The molecule has 4 aromatic carbocycles. The zero-order chi connectivity index (χ0) is 20.9. The number of benzene rings is 4. The Hall–Kier alpha value is -3.24. The Morgan fingerprint density at radius 3 is 1.45 bits per heavy atom. The van der Waals surface area contributed by atoms with E-state index in [1.54, 1.807) is 0 Å². The van der Waals surface area contributed by atoms with Crippen LogP contribution in [0.25, 0.3) is 0 Å². The number of hydrogen-bond acceptors (Lipinski definition) is 3. The van der Waals surface area contributed by atoms with Crippen LogP contribution in [0.2, 0.25) is 0 Å². The summed E-state index contributed by atoms with van der Waals surface area (Å²) in [5.74, 6) is -0.0632. The fraction of sp³-hybridized carbons (Fsp3) is 0.143. The van der Waals surface area contributed by atoms with Gasteiger partial charge in [0.1, 0.15) is 12.7 Å². The van der Waals surface area contributed by atoms with E-state index < -0.39 is 5.41 Å². The van der Waals surface area contributed by atoms with Crippen LogP contribution in [0.15, 0.2) is 121 Å². The average molecular weight is 408 g/mol. The molecule has 1 aliphatic heterocycles. The van der Waals surface area contributed by atoms with E-state index in [2.05, 4.69) is 97.1 Å². The van der Waals surface area contributed by atoms with Crippen molar-refractivity contribution in [1.29, 1.82) is 0 Å². The van der Waals surface area contributed by atoms with E-state index in [-0.39, 0.29) is 12.0 Å². The van der Waals surface area contributed by atoms with Crippen LogP contribution in [0.5, 0.6) is 0 Å². The number of rotatable bonds is 5. The van der Waals surface area contributed by atoms with Crippen molar-refractivity contribution >= 4 is 0 Å². The van der Waals surface area contributed by atoms with E-state index >= 15 is 0 Å². The minimum absolute atomic E-state index is 0.0632. The van der Waals surface area contributed by atoms with Gasteiger partial charge in [0.25, 0.3) is 0 Å². The number of hydrogen-bond donors (Lipinski definition) is 0.